The van der Waals surface area contributed by atoms with Crippen molar-refractivity contribution in [1.29, 1.82) is 0 Å². The van der Waals surface area contributed by atoms with Crippen molar-refractivity contribution in [3.63, 3.8) is 0 Å². The highest BCUT2D eigenvalue weighted by Gasteiger charge is 2.22. The van der Waals surface area contributed by atoms with Gasteiger partial charge in [0.05, 0.1) is 24.2 Å². The van der Waals surface area contributed by atoms with Gasteiger partial charge in [-0.15, -0.1) is 0 Å². The van der Waals surface area contributed by atoms with Crippen molar-refractivity contribution >= 4 is 16.9 Å². The van der Waals surface area contributed by atoms with Crippen molar-refractivity contribution in [2.45, 2.75) is 19.9 Å². The first-order valence-corrected chi connectivity index (χ1v) is 8.58. The van der Waals surface area contributed by atoms with Gasteiger partial charge in [0, 0.05) is 0 Å². The van der Waals surface area contributed by atoms with Crippen molar-refractivity contribution < 1.29 is 14.3 Å². The zero-order valence-corrected chi connectivity index (χ0v) is 15.2. The SMILES string of the molecule is COc1ccccc1OCC(=O)NC(c1nc2ccccc2[nH]1)C(C)C. The van der Waals surface area contributed by atoms with E-state index in [2.05, 4.69) is 15.3 Å². The van der Waals surface area contributed by atoms with Crippen LogP contribution in [0, 0.1) is 5.92 Å². The fraction of sp³-hybridized carbons (Fsp3) is 0.300. The van der Waals surface area contributed by atoms with E-state index in [1.54, 1.807) is 19.2 Å². The lowest BCUT2D eigenvalue weighted by Gasteiger charge is -2.20. The smallest absolute Gasteiger partial charge is 0.258 e. The summed E-state index contributed by atoms with van der Waals surface area (Å²) < 4.78 is 10.8. The largest absolute Gasteiger partial charge is 0.493 e. The number of fused-ring (bicyclic) bond motifs is 1. The Balaban J connectivity index is 1.68. The number of imidazole rings is 1. The number of hydrogen-bond acceptors (Lipinski definition) is 4. The van der Waals surface area contributed by atoms with Gasteiger partial charge in [0.15, 0.2) is 18.1 Å². The highest BCUT2D eigenvalue weighted by molar-refractivity contribution is 5.79. The van der Waals surface area contributed by atoms with E-state index in [9.17, 15) is 4.79 Å². The number of H-pyrrole nitrogens is 1. The van der Waals surface area contributed by atoms with Crippen LogP contribution in [-0.2, 0) is 4.79 Å². The topological polar surface area (TPSA) is 76.2 Å². The summed E-state index contributed by atoms with van der Waals surface area (Å²) in [4.78, 5) is 20.3. The third-order valence-electron chi connectivity index (χ3n) is 4.11. The van der Waals surface area contributed by atoms with Crippen LogP contribution in [0.4, 0.5) is 0 Å². The molecule has 6 nitrogen and oxygen atoms in total. The highest BCUT2D eigenvalue weighted by Crippen LogP contribution is 2.26. The molecule has 3 rings (SSSR count). The molecule has 0 aliphatic heterocycles. The normalized spacial score (nSPS) is 12.2. The molecule has 1 atom stereocenters. The first-order chi connectivity index (χ1) is 12.6. The predicted octanol–water partition coefficient (Wildman–Crippen LogP) is 3.46. The van der Waals surface area contributed by atoms with Crippen molar-refractivity contribution in [3.8, 4) is 11.5 Å². The van der Waals surface area contributed by atoms with Gasteiger partial charge in [0.1, 0.15) is 5.82 Å². The number of ether oxygens (including phenoxy) is 2. The molecule has 0 spiro atoms. The number of rotatable bonds is 7. The summed E-state index contributed by atoms with van der Waals surface area (Å²) in [5.41, 5.74) is 1.83. The summed E-state index contributed by atoms with van der Waals surface area (Å²) >= 11 is 0. The molecule has 1 unspecified atom stereocenters. The number of aromatic amines is 1. The number of amides is 1. The van der Waals surface area contributed by atoms with E-state index in [1.165, 1.54) is 0 Å². The fourth-order valence-electron chi connectivity index (χ4n) is 2.77. The van der Waals surface area contributed by atoms with Crippen molar-refractivity contribution in [1.82, 2.24) is 15.3 Å². The molecule has 1 heterocycles. The first-order valence-electron chi connectivity index (χ1n) is 8.58. The van der Waals surface area contributed by atoms with E-state index in [0.717, 1.165) is 16.9 Å². The molecule has 2 N–H and O–H groups in total. The van der Waals surface area contributed by atoms with Gasteiger partial charge in [-0.25, -0.2) is 4.98 Å². The van der Waals surface area contributed by atoms with Crippen LogP contribution in [0.3, 0.4) is 0 Å². The van der Waals surface area contributed by atoms with E-state index in [0.29, 0.717) is 11.5 Å². The van der Waals surface area contributed by atoms with Crippen LogP contribution in [0.2, 0.25) is 0 Å². The number of hydrogen-bond donors (Lipinski definition) is 2. The Bertz CT molecular complexity index is 856. The van der Waals surface area contributed by atoms with Crippen LogP contribution in [0.25, 0.3) is 11.0 Å². The molecule has 6 heteroatoms. The van der Waals surface area contributed by atoms with E-state index < -0.39 is 0 Å². The standard InChI is InChI=1S/C20H23N3O3/c1-13(2)19(20-21-14-8-4-5-9-15(14)22-20)23-18(24)12-26-17-11-7-6-10-16(17)25-3/h4-11,13,19H,12H2,1-3H3,(H,21,22)(H,23,24). The maximum Gasteiger partial charge on any atom is 0.258 e. The molecule has 0 aliphatic carbocycles. The van der Waals surface area contributed by atoms with E-state index in [4.69, 9.17) is 9.47 Å². The molecule has 3 aromatic rings. The van der Waals surface area contributed by atoms with Gasteiger partial charge in [-0.1, -0.05) is 38.1 Å². The summed E-state index contributed by atoms with van der Waals surface area (Å²) in [6.07, 6.45) is 0. The lowest BCUT2D eigenvalue weighted by Crippen LogP contribution is -2.35. The van der Waals surface area contributed by atoms with E-state index in [-0.39, 0.29) is 24.5 Å². The summed E-state index contributed by atoms with van der Waals surface area (Å²) in [5, 5.41) is 3.00. The minimum atomic E-state index is -0.226. The zero-order valence-electron chi connectivity index (χ0n) is 15.2. The van der Waals surface area contributed by atoms with Gasteiger partial charge in [-0.3, -0.25) is 4.79 Å². The van der Waals surface area contributed by atoms with Crippen LogP contribution in [0.15, 0.2) is 48.5 Å². The molecule has 0 radical (unpaired) electrons. The fourth-order valence-corrected chi connectivity index (χ4v) is 2.77. The molecule has 26 heavy (non-hydrogen) atoms. The number of nitrogens with one attached hydrogen (secondary N) is 2. The molecular formula is C20H23N3O3. The van der Waals surface area contributed by atoms with Gasteiger partial charge in [-0.2, -0.15) is 0 Å². The Labute approximate surface area is 152 Å². The lowest BCUT2D eigenvalue weighted by molar-refractivity contribution is -0.124. The molecule has 0 fully saturated rings. The molecule has 1 amide bonds. The monoisotopic (exact) mass is 353 g/mol. The van der Waals surface area contributed by atoms with E-state index >= 15 is 0 Å². The quantitative estimate of drug-likeness (QED) is 0.682. The Kier molecular flexibility index (Phi) is 5.41. The third kappa shape index (κ3) is 3.96. The van der Waals surface area contributed by atoms with Crippen LogP contribution < -0.4 is 14.8 Å². The molecule has 1 aromatic heterocycles. The van der Waals surface area contributed by atoms with Crippen LogP contribution in [-0.4, -0.2) is 29.6 Å². The number of nitrogens with zero attached hydrogens (tertiary/aromatic N) is 1. The highest BCUT2D eigenvalue weighted by atomic mass is 16.5. The van der Waals surface area contributed by atoms with Crippen molar-refractivity contribution in [3.05, 3.63) is 54.4 Å². The molecule has 0 aliphatic rings. The van der Waals surface area contributed by atoms with Gasteiger partial charge in [0.25, 0.3) is 5.91 Å². The molecular weight excluding hydrogens is 330 g/mol. The van der Waals surface area contributed by atoms with Gasteiger partial charge in [-0.05, 0) is 30.2 Å². The number of aromatic nitrogens is 2. The van der Waals surface area contributed by atoms with Crippen LogP contribution in [0.5, 0.6) is 11.5 Å². The van der Waals surface area contributed by atoms with Gasteiger partial charge in [0.2, 0.25) is 0 Å². The summed E-state index contributed by atoms with van der Waals surface area (Å²) in [7, 11) is 1.57. The second-order valence-corrected chi connectivity index (χ2v) is 6.37. The zero-order chi connectivity index (χ0) is 18.5. The minimum Gasteiger partial charge on any atom is -0.493 e. The molecule has 0 bridgehead atoms. The summed E-state index contributed by atoms with van der Waals surface area (Å²) in [5.74, 6) is 1.83. The molecule has 136 valence electrons. The predicted molar refractivity (Wildman–Crippen MR) is 100 cm³/mol. The number of carbonyl (C=O) groups excluding carboxylic acids is 1. The van der Waals surface area contributed by atoms with Crippen molar-refractivity contribution in [2.75, 3.05) is 13.7 Å². The Morgan fingerprint density at radius 2 is 1.81 bits per heavy atom. The summed E-state index contributed by atoms with van der Waals surface area (Å²) in [6.45, 7) is 3.99. The number of para-hydroxylation sites is 4. The third-order valence-corrected chi connectivity index (χ3v) is 4.11. The number of carbonyl (C=O) groups is 1. The van der Waals surface area contributed by atoms with Crippen LogP contribution in [0.1, 0.15) is 25.7 Å². The Morgan fingerprint density at radius 1 is 1.12 bits per heavy atom. The Morgan fingerprint density at radius 3 is 2.50 bits per heavy atom. The second-order valence-electron chi connectivity index (χ2n) is 6.37. The summed E-state index contributed by atoms with van der Waals surface area (Å²) in [6, 6.07) is 14.8. The maximum absolute atomic E-state index is 12.4. The van der Waals surface area contributed by atoms with Crippen LogP contribution >= 0.6 is 0 Å². The van der Waals surface area contributed by atoms with Crippen molar-refractivity contribution in [2.24, 2.45) is 5.92 Å². The first kappa shape index (κ1) is 17.8. The van der Waals surface area contributed by atoms with Gasteiger partial charge >= 0.3 is 0 Å². The number of benzene rings is 2. The molecule has 0 saturated carbocycles. The minimum absolute atomic E-state index is 0.0934. The maximum atomic E-state index is 12.4. The van der Waals surface area contributed by atoms with E-state index in [1.807, 2.05) is 50.2 Å². The second kappa shape index (κ2) is 7.91. The Hall–Kier alpha value is -3.02. The average Bonchev–Trinajstić information content (AvgIpc) is 3.08. The average molecular weight is 353 g/mol. The lowest BCUT2D eigenvalue weighted by atomic mass is 10.0. The molecule has 0 saturated heterocycles. The van der Waals surface area contributed by atoms with Gasteiger partial charge < -0.3 is 19.8 Å². The molecule has 2 aromatic carbocycles. The number of methoxy groups -OCH3 is 1.